The van der Waals surface area contributed by atoms with Crippen LogP contribution in [-0.2, 0) is 6.42 Å². The average Bonchev–Trinajstić information content (AvgIpc) is 2.26. The van der Waals surface area contributed by atoms with Gasteiger partial charge in [-0.1, -0.05) is 43.7 Å². The van der Waals surface area contributed by atoms with E-state index in [4.69, 9.17) is 5.73 Å². The van der Waals surface area contributed by atoms with Crippen LogP contribution in [0.2, 0.25) is 0 Å². The topological polar surface area (TPSA) is 26.0 Å². The van der Waals surface area contributed by atoms with Crippen LogP contribution >= 0.6 is 11.8 Å². The number of rotatable bonds is 6. The zero-order valence-corrected chi connectivity index (χ0v) is 11.4. The lowest BCUT2D eigenvalue weighted by Gasteiger charge is -2.14. The van der Waals surface area contributed by atoms with Crippen molar-refractivity contribution in [2.24, 2.45) is 5.73 Å². The first kappa shape index (κ1) is 13.6. The molecule has 1 aromatic carbocycles. The summed E-state index contributed by atoms with van der Waals surface area (Å²) >= 11 is 1.98. The van der Waals surface area contributed by atoms with Crippen LogP contribution in [0.15, 0.2) is 24.3 Å². The Morgan fingerprint density at radius 1 is 1.38 bits per heavy atom. The highest BCUT2D eigenvalue weighted by Gasteiger charge is 2.07. The predicted octanol–water partition coefficient (Wildman–Crippen LogP) is 3.40. The van der Waals surface area contributed by atoms with E-state index < -0.39 is 0 Å². The van der Waals surface area contributed by atoms with Gasteiger partial charge in [0.2, 0.25) is 0 Å². The quantitative estimate of drug-likeness (QED) is 0.820. The number of hydrogen-bond donors (Lipinski definition) is 1. The monoisotopic (exact) mass is 237 g/mol. The number of aryl methyl sites for hydroxylation is 1. The van der Waals surface area contributed by atoms with E-state index in [0.29, 0.717) is 0 Å². The van der Waals surface area contributed by atoms with Gasteiger partial charge in [0.25, 0.3) is 0 Å². The van der Waals surface area contributed by atoms with Crippen LogP contribution in [0.4, 0.5) is 0 Å². The fourth-order valence-corrected chi connectivity index (χ4v) is 2.54. The van der Waals surface area contributed by atoms with Crippen LogP contribution in [0.5, 0.6) is 0 Å². The third-order valence-electron chi connectivity index (χ3n) is 2.75. The lowest BCUT2D eigenvalue weighted by molar-refractivity contribution is 0.744. The molecule has 16 heavy (non-hydrogen) atoms. The third-order valence-corrected chi connectivity index (χ3v) is 4.27. The standard InChI is InChI=1S/C14H23NS/c1-4-12(3)16-10-14(15)9-13-7-5-6-11(2)8-13/h5-8,12,14H,4,9-10,15H2,1-3H3. The van der Waals surface area contributed by atoms with E-state index in [0.717, 1.165) is 17.4 Å². The molecule has 0 bridgehead atoms. The Labute approximate surface area is 104 Å². The fraction of sp³-hybridized carbons (Fsp3) is 0.571. The highest BCUT2D eigenvalue weighted by molar-refractivity contribution is 7.99. The fourth-order valence-electron chi connectivity index (χ4n) is 1.61. The molecule has 0 heterocycles. The molecule has 90 valence electrons. The molecule has 1 aromatic rings. The Balaban J connectivity index is 2.36. The van der Waals surface area contributed by atoms with E-state index in [1.54, 1.807) is 0 Å². The summed E-state index contributed by atoms with van der Waals surface area (Å²) in [7, 11) is 0. The van der Waals surface area contributed by atoms with E-state index in [-0.39, 0.29) is 6.04 Å². The van der Waals surface area contributed by atoms with Gasteiger partial charge in [0.05, 0.1) is 0 Å². The molecule has 2 unspecified atom stereocenters. The zero-order valence-electron chi connectivity index (χ0n) is 10.6. The number of nitrogens with two attached hydrogens (primary N) is 1. The minimum absolute atomic E-state index is 0.279. The van der Waals surface area contributed by atoms with Gasteiger partial charge < -0.3 is 5.73 Å². The maximum absolute atomic E-state index is 6.14. The Kier molecular flexibility index (Phi) is 5.93. The van der Waals surface area contributed by atoms with Crippen LogP contribution in [0.25, 0.3) is 0 Å². The maximum Gasteiger partial charge on any atom is 0.0171 e. The second-order valence-electron chi connectivity index (χ2n) is 4.51. The van der Waals surface area contributed by atoms with Gasteiger partial charge in [-0.2, -0.15) is 11.8 Å². The van der Waals surface area contributed by atoms with Crippen molar-refractivity contribution in [2.45, 2.75) is 44.9 Å². The highest BCUT2D eigenvalue weighted by atomic mass is 32.2. The zero-order chi connectivity index (χ0) is 12.0. The van der Waals surface area contributed by atoms with E-state index in [2.05, 4.69) is 45.0 Å². The van der Waals surface area contributed by atoms with Gasteiger partial charge in [-0.15, -0.1) is 0 Å². The van der Waals surface area contributed by atoms with Crippen molar-refractivity contribution in [3.63, 3.8) is 0 Å². The van der Waals surface area contributed by atoms with Crippen molar-refractivity contribution >= 4 is 11.8 Å². The first-order chi connectivity index (χ1) is 7.61. The lowest BCUT2D eigenvalue weighted by Crippen LogP contribution is -2.26. The van der Waals surface area contributed by atoms with Gasteiger partial charge in [0, 0.05) is 17.0 Å². The molecule has 0 fully saturated rings. The van der Waals surface area contributed by atoms with Crippen LogP contribution in [0.3, 0.4) is 0 Å². The summed E-state index contributed by atoms with van der Waals surface area (Å²) in [4.78, 5) is 0. The van der Waals surface area contributed by atoms with E-state index >= 15 is 0 Å². The first-order valence-electron chi connectivity index (χ1n) is 6.04. The van der Waals surface area contributed by atoms with E-state index in [9.17, 15) is 0 Å². The van der Waals surface area contributed by atoms with E-state index in [1.165, 1.54) is 17.5 Å². The number of benzene rings is 1. The van der Waals surface area contributed by atoms with Crippen molar-refractivity contribution < 1.29 is 0 Å². The molecule has 0 aliphatic heterocycles. The molecule has 2 atom stereocenters. The second kappa shape index (κ2) is 6.97. The molecule has 0 aliphatic rings. The van der Waals surface area contributed by atoms with Crippen molar-refractivity contribution in [2.75, 3.05) is 5.75 Å². The van der Waals surface area contributed by atoms with Crippen molar-refractivity contribution in [3.8, 4) is 0 Å². The smallest absolute Gasteiger partial charge is 0.0171 e. The Bertz CT molecular complexity index is 311. The van der Waals surface area contributed by atoms with Crippen molar-refractivity contribution in [3.05, 3.63) is 35.4 Å². The average molecular weight is 237 g/mol. The van der Waals surface area contributed by atoms with Gasteiger partial charge >= 0.3 is 0 Å². The number of thioether (sulfide) groups is 1. The molecule has 0 radical (unpaired) electrons. The summed E-state index contributed by atoms with van der Waals surface area (Å²) < 4.78 is 0. The molecular weight excluding hydrogens is 214 g/mol. The lowest BCUT2D eigenvalue weighted by atomic mass is 10.1. The summed E-state index contributed by atoms with van der Waals surface area (Å²) in [5.41, 5.74) is 8.82. The molecule has 0 saturated carbocycles. The Morgan fingerprint density at radius 2 is 2.12 bits per heavy atom. The normalized spacial score (nSPS) is 14.8. The maximum atomic E-state index is 6.14. The molecule has 2 heteroatoms. The Morgan fingerprint density at radius 3 is 2.75 bits per heavy atom. The van der Waals surface area contributed by atoms with Gasteiger partial charge in [-0.3, -0.25) is 0 Å². The van der Waals surface area contributed by atoms with Gasteiger partial charge in [0.1, 0.15) is 0 Å². The van der Waals surface area contributed by atoms with Gasteiger partial charge in [-0.25, -0.2) is 0 Å². The number of hydrogen-bond acceptors (Lipinski definition) is 2. The molecule has 1 nitrogen and oxygen atoms in total. The third kappa shape index (κ3) is 5.04. The molecule has 0 aromatic heterocycles. The molecule has 0 amide bonds. The van der Waals surface area contributed by atoms with Crippen molar-refractivity contribution in [1.29, 1.82) is 0 Å². The minimum Gasteiger partial charge on any atom is -0.327 e. The molecule has 1 rings (SSSR count). The van der Waals surface area contributed by atoms with E-state index in [1.807, 2.05) is 11.8 Å². The highest BCUT2D eigenvalue weighted by Crippen LogP contribution is 2.15. The summed E-state index contributed by atoms with van der Waals surface area (Å²) in [6.07, 6.45) is 2.22. The molecular formula is C14H23NS. The van der Waals surface area contributed by atoms with Gasteiger partial charge in [0.15, 0.2) is 0 Å². The summed E-state index contributed by atoms with van der Waals surface area (Å²) in [5, 5.41) is 0.726. The molecule has 0 aliphatic carbocycles. The van der Waals surface area contributed by atoms with Crippen molar-refractivity contribution in [1.82, 2.24) is 0 Å². The second-order valence-corrected chi connectivity index (χ2v) is 5.98. The molecule has 2 N–H and O–H groups in total. The van der Waals surface area contributed by atoms with Gasteiger partial charge in [-0.05, 0) is 25.3 Å². The summed E-state index contributed by atoms with van der Waals surface area (Å²) in [5.74, 6) is 1.06. The largest absolute Gasteiger partial charge is 0.327 e. The van der Waals surface area contributed by atoms with Crippen LogP contribution in [-0.4, -0.2) is 17.0 Å². The van der Waals surface area contributed by atoms with Crippen LogP contribution in [0, 0.1) is 6.92 Å². The predicted molar refractivity (Wildman–Crippen MR) is 75.1 cm³/mol. The summed E-state index contributed by atoms with van der Waals surface area (Å²) in [6.45, 7) is 6.62. The minimum atomic E-state index is 0.279. The Hall–Kier alpha value is -0.470. The van der Waals surface area contributed by atoms with Crippen LogP contribution in [0.1, 0.15) is 31.4 Å². The van der Waals surface area contributed by atoms with Crippen LogP contribution < -0.4 is 5.73 Å². The first-order valence-corrected chi connectivity index (χ1v) is 7.09. The SMILES string of the molecule is CCC(C)SCC(N)Cc1cccc(C)c1. The molecule has 0 spiro atoms. The molecule has 0 saturated heterocycles. The summed E-state index contributed by atoms with van der Waals surface area (Å²) in [6, 6.07) is 8.91.